The SMILES string of the molecule is COc1ccc(/C=C2/Oc3ccccc3N(CC(=O)O)C2=O)cc1. The number of carboxylic acid groups (broad SMARTS) is 1. The lowest BCUT2D eigenvalue weighted by Crippen LogP contribution is -2.40. The zero-order chi connectivity index (χ0) is 17.1. The zero-order valence-corrected chi connectivity index (χ0v) is 12.9. The van der Waals surface area contributed by atoms with Gasteiger partial charge in [-0.2, -0.15) is 0 Å². The Balaban J connectivity index is 1.98. The van der Waals surface area contributed by atoms with Crippen LogP contribution in [0.5, 0.6) is 11.5 Å². The van der Waals surface area contributed by atoms with E-state index in [1.54, 1.807) is 61.7 Å². The van der Waals surface area contributed by atoms with E-state index in [2.05, 4.69) is 0 Å². The smallest absolute Gasteiger partial charge is 0.323 e. The van der Waals surface area contributed by atoms with Gasteiger partial charge in [0.15, 0.2) is 11.5 Å². The first-order valence-corrected chi connectivity index (χ1v) is 7.25. The van der Waals surface area contributed by atoms with Gasteiger partial charge >= 0.3 is 5.97 Å². The lowest BCUT2D eigenvalue weighted by atomic mass is 10.1. The molecule has 0 radical (unpaired) electrons. The molecule has 0 unspecified atom stereocenters. The lowest BCUT2D eigenvalue weighted by Gasteiger charge is -2.29. The number of carbonyl (C=O) groups excluding carboxylic acids is 1. The number of para-hydroxylation sites is 2. The maximum Gasteiger partial charge on any atom is 0.323 e. The summed E-state index contributed by atoms with van der Waals surface area (Å²) >= 11 is 0. The Labute approximate surface area is 138 Å². The molecule has 0 fully saturated rings. The second-order valence-electron chi connectivity index (χ2n) is 5.14. The third kappa shape index (κ3) is 3.08. The normalized spacial score (nSPS) is 15.0. The number of carbonyl (C=O) groups is 2. The molecule has 0 aromatic heterocycles. The van der Waals surface area contributed by atoms with Crippen LogP contribution in [0, 0.1) is 0 Å². The highest BCUT2D eigenvalue weighted by Crippen LogP contribution is 2.35. The highest BCUT2D eigenvalue weighted by molar-refractivity contribution is 6.11. The molecule has 1 aliphatic heterocycles. The van der Waals surface area contributed by atoms with E-state index in [1.165, 1.54) is 4.90 Å². The van der Waals surface area contributed by atoms with Crippen LogP contribution in [-0.2, 0) is 9.59 Å². The van der Waals surface area contributed by atoms with Gasteiger partial charge in [0, 0.05) is 0 Å². The molecule has 6 nitrogen and oxygen atoms in total. The quantitative estimate of drug-likeness (QED) is 0.874. The molecule has 2 aromatic carbocycles. The van der Waals surface area contributed by atoms with Crippen molar-refractivity contribution in [3.8, 4) is 11.5 Å². The number of carboxylic acids is 1. The third-order valence-electron chi connectivity index (χ3n) is 3.54. The van der Waals surface area contributed by atoms with Crippen molar-refractivity contribution in [2.75, 3.05) is 18.6 Å². The second-order valence-corrected chi connectivity index (χ2v) is 5.14. The molecule has 1 heterocycles. The fourth-order valence-electron chi connectivity index (χ4n) is 2.41. The molecule has 0 atom stereocenters. The number of ether oxygens (including phenoxy) is 2. The van der Waals surface area contributed by atoms with Crippen molar-refractivity contribution in [3.63, 3.8) is 0 Å². The van der Waals surface area contributed by atoms with E-state index in [4.69, 9.17) is 14.6 Å². The number of methoxy groups -OCH3 is 1. The van der Waals surface area contributed by atoms with Gasteiger partial charge in [-0.05, 0) is 35.9 Å². The number of fused-ring (bicyclic) bond motifs is 1. The average molecular weight is 325 g/mol. The molecule has 1 aliphatic rings. The summed E-state index contributed by atoms with van der Waals surface area (Å²) in [6.07, 6.45) is 1.58. The Hall–Kier alpha value is -3.28. The number of rotatable bonds is 4. The number of hydrogen-bond acceptors (Lipinski definition) is 4. The maximum atomic E-state index is 12.6. The predicted molar refractivity (Wildman–Crippen MR) is 88.0 cm³/mol. The van der Waals surface area contributed by atoms with Crippen molar-refractivity contribution in [2.24, 2.45) is 0 Å². The minimum Gasteiger partial charge on any atom is -0.497 e. The van der Waals surface area contributed by atoms with Crippen LogP contribution in [0.1, 0.15) is 5.56 Å². The van der Waals surface area contributed by atoms with Gasteiger partial charge in [0.1, 0.15) is 12.3 Å². The number of aliphatic carboxylic acids is 1. The highest BCUT2D eigenvalue weighted by Gasteiger charge is 2.31. The molecule has 2 aromatic rings. The Morgan fingerprint density at radius 3 is 2.58 bits per heavy atom. The molecular weight excluding hydrogens is 310 g/mol. The Morgan fingerprint density at radius 1 is 1.21 bits per heavy atom. The van der Waals surface area contributed by atoms with Crippen LogP contribution in [0.25, 0.3) is 6.08 Å². The van der Waals surface area contributed by atoms with E-state index in [9.17, 15) is 9.59 Å². The summed E-state index contributed by atoms with van der Waals surface area (Å²) in [7, 11) is 1.57. The first-order chi connectivity index (χ1) is 11.6. The van der Waals surface area contributed by atoms with Crippen LogP contribution in [0.2, 0.25) is 0 Å². The van der Waals surface area contributed by atoms with E-state index in [0.717, 1.165) is 5.56 Å². The van der Waals surface area contributed by atoms with Crippen molar-refractivity contribution in [2.45, 2.75) is 0 Å². The highest BCUT2D eigenvalue weighted by atomic mass is 16.5. The minimum absolute atomic E-state index is 0.0696. The molecule has 0 saturated carbocycles. The van der Waals surface area contributed by atoms with Gasteiger partial charge in [0.05, 0.1) is 12.8 Å². The maximum absolute atomic E-state index is 12.6. The Bertz CT molecular complexity index is 810. The van der Waals surface area contributed by atoms with Gasteiger partial charge < -0.3 is 14.6 Å². The van der Waals surface area contributed by atoms with Gasteiger partial charge in [0.2, 0.25) is 0 Å². The molecule has 0 spiro atoms. The van der Waals surface area contributed by atoms with Crippen molar-refractivity contribution in [3.05, 3.63) is 59.9 Å². The molecule has 1 N–H and O–H groups in total. The average Bonchev–Trinajstić information content (AvgIpc) is 2.59. The van der Waals surface area contributed by atoms with E-state index < -0.39 is 18.4 Å². The first-order valence-electron chi connectivity index (χ1n) is 7.25. The number of benzene rings is 2. The van der Waals surface area contributed by atoms with Crippen molar-refractivity contribution >= 4 is 23.6 Å². The summed E-state index contributed by atoms with van der Waals surface area (Å²) < 4.78 is 10.8. The summed E-state index contributed by atoms with van der Waals surface area (Å²) in [5.41, 5.74) is 1.19. The van der Waals surface area contributed by atoms with Crippen LogP contribution < -0.4 is 14.4 Å². The van der Waals surface area contributed by atoms with Gasteiger partial charge in [0.25, 0.3) is 5.91 Å². The molecular formula is C18H15NO5. The van der Waals surface area contributed by atoms with Gasteiger partial charge in [-0.3, -0.25) is 14.5 Å². The fourth-order valence-corrected chi connectivity index (χ4v) is 2.41. The van der Waals surface area contributed by atoms with Crippen molar-refractivity contribution in [1.82, 2.24) is 0 Å². The first kappa shape index (κ1) is 15.6. The lowest BCUT2D eigenvalue weighted by molar-refractivity contribution is -0.136. The van der Waals surface area contributed by atoms with E-state index in [1.807, 2.05) is 0 Å². The van der Waals surface area contributed by atoms with Crippen molar-refractivity contribution in [1.29, 1.82) is 0 Å². The number of hydrogen-bond donors (Lipinski definition) is 1. The summed E-state index contributed by atoms with van der Waals surface area (Å²) in [6, 6.07) is 13.9. The molecule has 6 heteroatoms. The van der Waals surface area contributed by atoms with E-state index in [0.29, 0.717) is 17.2 Å². The topological polar surface area (TPSA) is 76.1 Å². The Kier molecular flexibility index (Phi) is 4.20. The fraction of sp³-hybridized carbons (Fsp3) is 0.111. The monoisotopic (exact) mass is 325 g/mol. The molecule has 0 bridgehead atoms. The van der Waals surface area contributed by atoms with Crippen LogP contribution in [0.4, 0.5) is 5.69 Å². The van der Waals surface area contributed by atoms with Crippen LogP contribution in [0.15, 0.2) is 54.3 Å². The van der Waals surface area contributed by atoms with Crippen LogP contribution >= 0.6 is 0 Å². The standard InChI is InChI=1S/C18H15NO5/c1-23-13-8-6-12(7-9-13)10-16-18(22)19(11-17(20)21)14-4-2-3-5-15(14)24-16/h2-10H,11H2,1H3,(H,20,21)/b16-10+. The molecule has 24 heavy (non-hydrogen) atoms. The zero-order valence-electron chi connectivity index (χ0n) is 12.9. The second kappa shape index (κ2) is 6.45. The molecule has 1 amide bonds. The number of nitrogens with zero attached hydrogens (tertiary/aromatic N) is 1. The Morgan fingerprint density at radius 2 is 1.92 bits per heavy atom. The van der Waals surface area contributed by atoms with E-state index >= 15 is 0 Å². The summed E-state index contributed by atoms with van der Waals surface area (Å²) in [4.78, 5) is 24.9. The minimum atomic E-state index is -1.09. The van der Waals surface area contributed by atoms with Crippen LogP contribution in [0.3, 0.4) is 0 Å². The van der Waals surface area contributed by atoms with Gasteiger partial charge in [-0.25, -0.2) is 0 Å². The van der Waals surface area contributed by atoms with Crippen LogP contribution in [-0.4, -0.2) is 30.6 Å². The number of anilines is 1. The summed E-state index contributed by atoms with van der Waals surface area (Å²) in [5, 5.41) is 9.07. The largest absolute Gasteiger partial charge is 0.497 e. The van der Waals surface area contributed by atoms with Crippen molar-refractivity contribution < 1.29 is 24.2 Å². The summed E-state index contributed by atoms with van der Waals surface area (Å²) in [5.74, 6) is -0.375. The molecule has 0 saturated heterocycles. The predicted octanol–water partition coefficient (Wildman–Crippen LogP) is 2.55. The third-order valence-corrected chi connectivity index (χ3v) is 3.54. The molecule has 3 rings (SSSR count). The van der Waals surface area contributed by atoms with Gasteiger partial charge in [-0.1, -0.05) is 24.3 Å². The summed E-state index contributed by atoms with van der Waals surface area (Å²) in [6.45, 7) is -0.431. The molecule has 0 aliphatic carbocycles. The molecule has 122 valence electrons. The van der Waals surface area contributed by atoms with Gasteiger partial charge in [-0.15, -0.1) is 0 Å². The number of amides is 1. The van der Waals surface area contributed by atoms with E-state index in [-0.39, 0.29) is 5.76 Å².